The Morgan fingerprint density at radius 2 is 2.00 bits per heavy atom. The van der Waals surface area contributed by atoms with Gasteiger partial charge < -0.3 is 4.90 Å². The summed E-state index contributed by atoms with van der Waals surface area (Å²) in [5.41, 5.74) is 0.851. The Bertz CT molecular complexity index is 710. The summed E-state index contributed by atoms with van der Waals surface area (Å²) < 4.78 is 37.3. The summed E-state index contributed by atoms with van der Waals surface area (Å²) in [7, 11) is -3.71. The SMILES string of the molecule is NS(=O)(=O)N1CCCN(C(=O)[C@H]2C[C@H]2c2cccc(F)c2)CC1. The highest BCUT2D eigenvalue weighted by molar-refractivity contribution is 7.86. The third-order valence-corrected chi connectivity index (χ3v) is 5.60. The maximum absolute atomic E-state index is 13.3. The number of benzene rings is 1. The molecule has 1 heterocycles. The number of carbonyl (C=O) groups excluding carboxylic acids is 1. The molecule has 2 atom stereocenters. The number of nitrogens with two attached hydrogens (primary N) is 1. The predicted octanol–water partition coefficient (Wildman–Crippen LogP) is 0.667. The van der Waals surface area contributed by atoms with Crippen LogP contribution in [0.5, 0.6) is 0 Å². The molecule has 0 radical (unpaired) electrons. The van der Waals surface area contributed by atoms with Gasteiger partial charge in [-0.3, -0.25) is 4.79 Å². The van der Waals surface area contributed by atoms with Crippen LogP contribution in [0.1, 0.15) is 24.3 Å². The molecule has 0 spiro atoms. The summed E-state index contributed by atoms with van der Waals surface area (Å²) in [5.74, 6) is -0.330. The summed E-state index contributed by atoms with van der Waals surface area (Å²) in [6, 6.07) is 6.36. The summed E-state index contributed by atoms with van der Waals surface area (Å²) in [6.45, 7) is 1.43. The molecule has 2 N–H and O–H groups in total. The quantitative estimate of drug-likeness (QED) is 0.877. The normalized spacial score (nSPS) is 25.9. The fourth-order valence-electron chi connectivity index (χ4n) is 3.18. The number of amides is 1. The second kappa shape index (κ2) is 6.18. The van der Waals surface area contributed by atoms with Gasteiger partial charge >= 0.3 is 0 Å². The zero-order chi connectivity index (χ0) is 16.6. The Morgan fingerprint density at radius 3 is 2.70 bits per heavy atom. The van der Waals surface area contributed by atoms with Crippen LogP contribution < -0.4 is 5.14 Å². The van der Waals surface area contributed by atoms with Crippen LogP contribution in [0.15, 0.2) is 24.3 Å². The van der Waals surface area contributed by atoms with Crippen LogP contribution in [-0.4, -0.2) is 49.7 Å². The zero-order valence-electron chi connectivity index (χ0n) is 12.7. The molecule has 0 bridgehead atoms. The first-order chi connectivity index (χ1) is 10.9. The van der Waals surface area contributed by atoms with E-state index in [0.717, 1.165) is 12.0 Å². The minimum Gasteiger partial charge on any atom is -0.341 e. The van der Waals surface area contributed by atoms with Crippen LogP contribution >= 0.6 is 0 Å². The van der Waals surface area contributed by atoms with Crippen molar-refractivity contribution >= 4 is 16.1 Å². The Hall–Kier alpha value is -1.51. The highest BCUT2D eigenvalue weighted by Gasteiger charge is 2.46. The van der Waals surface area contributed by atoms with E-state index in [-0.39, 0.29) is 30.1 Å². The van der Waals surface area contributed by atoms with Gasteiger partial charge in [0.05, 0.1) is 0 Å². The minimum atomic E-state index is -3.71. The maximum atomic E-state index is 13.3. The average Bonchev–Trinajstić information content (AvgIpc) is 3.29. The first-order valence-electron chi connectivity index (χ1n) is 7.68. The number of halogens is 1. The van der Waals surface area contributed by atoms with Gasteiger partial charge in [0.25, 0.3) is 10.2 Å². The first-order valence-corrected chi connectivity index (χ1v) is 9.19. The highest BCUT2D eigenvalue weighted by Crippen LogP contribution is 2.48. The van der Waals surface area contributed by atoms with Crippen LogP contribution in [0.25, 0.3) is 0 Å². The fraction of sp³-hybridized carbons (Fsp3) is 0.533. The molecule has 2 fully saturated rings. The molecule has 1 aromatic rings. The van der Waals surface area contributed by atoms with E-state index in [9.17, 15) is 17.6 Å². The zero-order valence-corrected chi connectivity index (χ0v) is 13.5. The van der Waals surface area contributed by atoms with E-state index in [1.54, 1.807) is 11.0 Å². The van der Waals surface area contributed by atoms with Crippen molar-refractivity contribution < 1.29 is 17.6 Å². The van der Waals surface area contributed by atoms with E-state index < -0.39 is 10.2 Å². The lowest BCUT2D eigenvalue weighted by Gasteiger charge is -2.21. The molecular weight excluding hydrogens is 321 g/mol. The van der Waals surface area contributed by atoms with Gasteiger partial charge in [-0.2, -0.15) is 12.7 Å². The number of nitrogens with zero attached hydrogens (tertiary/aromatic N) is 2. The molecule has 0 unspecified atom stereocenters. The number of hydrogen-bond acceptors (Lipinski definition) is 3. The number of hydrogen-bond donors (Lipinski definition) is 1. The topological polar surface area (TPSA) is 83.7 Å². The van der Waals surface area contributed by atoms with Gasteiger partial charge in [0.2, 0.25) is 5.91 Å². The molecule has 3 rings (SSSR count). The summed E-state index contributed by atoms with van der Waals surface area (Å²) in [5, 5.41) is 5.14. The Balaban J connectivity index is 1.62. The van der Waals surface area contributed by atoms with Crippen LogP contribution in [0.3, 0.4) is 0 Å². The molecule has 23 heavy (non-hydrogen) atoms. The molecular formula is C15H20FN3O3S. The lowest BCUT2D eigenvalue weighted by molar-refractivity contribution is -0.132. The molecule has 1 saturated heterocycles. The second-order valence-corrected chi connectivity index (χ2v) is 7.67. The molecule has 2 aliphatic rings. The van der Waals surface area contributed by atoms with E-state index in [1.807, 2.05) is 6.07 Å². The third-order valence-electron chi connectivity index (χ3n) is 4.51. The van der Waals surface area contributed by atoms with Crippen molar-refractivity contribution in [2.24, 2.45) is 11.1 Å². The fourth-order valence-corrected chi connectivity index (χ4v) is 3.90. The van der Waals surface area contributed by atoms with Crippen LogP contribution in [-0.2, 0) is 15.0 Å². The van der Waals surface area contributed by atoms with Crippen LogP contribution in [0.2, 0.25) is 0 Å². The number of rotatable bonds is 3. The van der Waals surface area contributed by atoms with E-state index in [2.05, 4.69) is 0 Å². The van der Waals surface area contributed by atoms with Gasteiger partial charge in [-0.1, -0.05) is 12.1 Å². The number of carbonyl (C=O) groups is 1. The van der Waals surface area contributed by atoms with Crippen molar-refractivity contribution in [3.63, 3.8) is 0 Å². The minimum absolute atomic E-state index is 0.0236. The van der Waals surface area contributed by atoms with Crippen molar-refractivity contribution in [1.29, 1.82) is 0 Å². The van der Waals surface area contributed by atoms with Crippen LogP contribution in [0, 0.1) is 11.7 Å². The van der Waals surface area contributed by atoms with E-state index >= 15 is 0 Å². The standard InChI is InChI=1S/C15H20FN3O3S/c16-12-4-1-3-11(9-12)13-10-14(13)15(20)18-5-2-6-19(8-7-18)23(17,21)22/h1,3-4,9,13-14H,2,5-8,10H2,(H2,17,21,22)/t13-,14-/m0/s1. The summed E-state index contributed by atoms with van der Waals surface area (Å²) in [6.07, 6.45) is 1.29. The van der Waals surface area contributed by atoms with Crippen LogP contribution in [0.4, 0.5) is 4.39 Å². The van der Waals surface area contributed by atoms with Gasteiger partial charge in [0, 0.05) is 32.1 Å². The lowest BCUT2D eigenvalue weighted by atomic mass is 10.1. The van der Waals surface area contributed by atoms with Crippen molar-refractivity contribution in [3.05, 3.63) is 35.6 Å². The molecule has 8 heteroatoms. The molecule has 0 aromatic heterocycles. The second-order valence-electron chi connectivity index (χ2n) is 6.13. The van der Waals surface area contributed by atoms with Crippen molar-refractivity contribution in [2.45, 2.75) is 18.8 Å². The molecule has 126 valence electrons. The van der Waals surface area contributed by atoms with Crippen molar-refractivity contribution in [3.8, 4) is 0 Å². The maximum Gasteiger partial charge on any atom is 0.276 e. The predicted molar refractivity (Wildman–Crippen MR) is 83.1 cm³/mol. The Morgan fingerprint density at radius 1 is 1.22 bits per heavy atom. The van der Waals surface area contributed by atoms with E-state index in [1.165, 1.54) is 16.4 Å². The first kappa shape index (κ1) is 16.4. The third kappa shape index (κ3) is 3.70. The van der Waals surface area contributed by atoms with Crippen molar-refractivity contribution in [2.75, 3.05) is 26.2 Å². The smallest absolute Gasteiger partial charge is 0.276 e. The highest BCUT2D eigenvalue weighted by atomic mass is 32.2. The summed E-state index contributed by atoms with van der Waals surface area (Å²) in [4.78, 5) is 14.3. The van der Waals surface area contributed by atoms with Crippen molar-refractivity contribution in [1.82, 2.24) is 9.21 Å². The molecule has 1 aliphatic heterocycles. The lowest BCUT2D eigenvalue weighted by Crippen LogP contribution is -2.40. The molecule has 1 amide bonds. The van der Waals surface area contributed by atoms with Gasteiger partial charge in [0.1, 0.15) is 5.82 Å². The molecule has 1 aromatic carbocycles. The largest absolute Gasteiger partial charge is 0.341 e. The Kier molecular flexibility index (Phi) is 4.39. The van der Waals surface area contributed by atoms with Gasteiger partial charge in [-0.15, -0.1) is 0 Å². The van der Waals surface area contributed by atoms with Gasteiger partial charge in [-0.05, 0) is 36.5 Å². The van der Waals surface area contributed by atoms with Gasteiger partial charge in [-0.25, -0.2) is 9.53 Å². The molecule has 1 aliphatic carbocycles. The molecule has 1 saturated carbocycles. The Labute approximate surface area is 135 Å². The van der Waals surface area contributed by atoms with E-state index in [4.69, 9.17) is 5.14 Å². The monoisotopic (exact) mass is 341 g/mol. The van der Waals surface area contributed by atoms with E-state index in [0.29, 0.717) is 26.1 Å². The average molecular weight is 341 g/mol. The van der Waals surface area contributed by atoms with Gasteiger partial charge in [0.15, 0.2) is 0 Å². The summed E-state index contributed by atoms with van der Waals surface area (Å²) >= 11 is 0. The molecule has 6 nitrogen and oxygen atoms in total.